The van der Waals surface area contributed by atoms with E-state index in [1.165, 1.54) is 11.1 Å². The number of hydrogen-bond acceptors (Lipinski definition) is 4. The molecule has 1 aliphatic heterocycles. The van der Waals surface area contributed by atoms with E-state index in [4.69, 9.17) is 10.00 Å². The second kappa shape index (κ2) is 8.98. The van der Waals surface area contributed by atoms with Gasteiger partial charge in [0.15, 0.2) is 0 Å². The SMILES string of the molecule is N#CCCN(CCN1CCOCC1)C(=O)C1CCCc2ccccc21. The lowest BCUT2D eigenvalue weighted by atomic mass is 9.82. The fraction of sp³-hybridized carbons (Fsp3) is 0.600. The zero-order valence-corrected chi connectivity index (χ0v) is 14.8. The number of amides is 1. The summed E-state index contributed by atoms with van der Waals surface area (Å²) in [5, 5.41) is 8.97. The highest BCUT2D eigenvalue weighted by Gasteiger charge is 2.29. The Morgan fingerprint density at radius 1 is 1.28 bits per heavy atom. The molecule has 1 heterocycles. The molecular weight excluding hydrogens is 314 g/mol. The number of ether oxygens (including phenoxy) is 1. The minimum absolute atomic E-state index is 0.0478. The van der Waals surface area contributed by atoms with Crippen LogP contribution in [0.2, 0.25) is 0 Å². The minimum atomic E-state index is -0.0478. The van der Waals surface area contributed by atoms with Gasteiger partial charge in [0.05, 0.1) is 31.6 Å². The summed E-state index contributed by atoms with van der Waals surface area (Å²) in [6, 6.07) is 10.5. The Bertz CT molecular complexity index is 620. The quantitative estimate of drug-likeness (QED) is 0.796. The van der Waals surface area contributed by atoms with E-state index < -0.39 is 0 Å². The molecule has 0 N–H and O–H groups in total. The van der Waals surface area contributed by atoms with Crippen LogP contribution in [0, 0.1) is 11.3 Å². The van der Waals surface area contributed by atoms with Crippen LogP contribution in [0.4, 0.5) is 0 Å². The van der Waals surface area contributed by atoms with Crippen molar-refractivity contribution in [2.75, 3.05) is 45.9 Å². The smallest absolute Gasteiger partial charge is 0.230 e. The normalized spacial score (nSPS) is 20.5. The van der Waals surface area contributed by atoms with Gasteiger partial charge in [-0.25, -0.2) is 0 Å². The number of carbonyl (C=O) groups excluding carboxylic acids is 1. The summed E-state index contributed by atoms with van der Waals surface area (Å²) in [5.41, 5.74) is 2.49. The topological polar surface area (TPSA) is 56.6 Å². The Morgan fingerprint density at radius 2 is 2.08 bits per heavy atom. The fourth-order valence-electron chi connectivity index (χ4n) is 3.83. The van der Waals surface area contributed by atoms with Gasteiger partial charge in [0.2, 0.25) is 5.91 Å². The Morgan fingerprint density at radius 3 is 2.88 bits per heavy atom. The molecule has 134 valence electrons. The maximum absolute atomic E-state index is 13.2. The molecule has 5 heteroatoms. The maximum Gasteiger partial charge on any atom is 0.230 e. The highest BCUT2D eigenvalue weighted by Crippen LogP contribution is 2.32. The summed E-state index contributed by atoms with van der Waals surface area (Å²) in [4.78, 5) is 17.5. The van der Waals surface area contributed by atoms with Crippen LogP contribution in [0.15, 0.2) is 24.3 Å². The Labute approximate surface area is 150 Å². The number of nitriles is 1. The van der Waals surface area contributed by atoms with Crippen molar-refractivity contribution in [3.05, 3.63) is 35.4 Å². The molecule has 0 bridgehead atoms. The van der Waals surface area contributed by atoms with Gasteiger partial charge in [-0.05, 0) is 30.4 Å². The third-order valence-corrected chi connectivity index (χ3v) is 5.26. The van der Waals surface area contributed by atoms with Crippen LogP contribution in [-0.4, -0.2) is 61.6 Å². The standard InChI is InChI=1S/C20H27N3O2/c21-9-4-10-23(12-11-22-13-15-25-16-14-22)20(24)19-8-3-6-17-5-1-2-7-18(17)19/h1-2,5,7,19H,3-4,6,8,10-16H2. The van der Waals surface area contributed by atoms with E-state index >= 15 is 0 Å². The van der Waals surface area contributed by atoms with E-state index in [-0.39, 0.29) is 11.8 Å². The summed E-state index contributed by atoms with van der Waals surface area (Å²) in [5.74, 6) is 0.143. The van der Waals surface area contributed by atoms with E-state index in [9.17, 15) is 4.79 Å². The van der Waals surface area contributed by atoms with Crippen molar-refractivity contribution in [3.63, 3.8) is 0 Å². The lowest BCUT2D eigenvalue weighted by Gasteiger charge is -2.33. The molecule has 0 saturated carbocycles. The number of morpholine rings is 1. The van der Waals surface area contributed by atoms with Crippen LogP contribution in [0.1, 0.15) is 36.3 Å². The van der Waals surface area contributed by atoms with Crippen LogP contribution >= 0.6 is 0 Å². The van der Waals surface area contributed by atoms with E-state index in [0.29, 0.717) is 19.5 Å². The lowest BCUT2D eigenvalue weighted by Crippen LogP contribution is -2.44. The number of rotatable bonds is 6. The first-order valence-electron chi connectivity index (χ1n) is 9.33. The first kappa shape index (κ1) is 17.9. The maximum atomic E-state index is 13.2. The van der Waals surface area contributed by atoms with Gasteiger partial charge in [-0.15, -0.1) is 0 Å². The predicted molar refractivity (Wildman–Crippen MR) is 96.2 cm³/mol. The summed E-state index contributed by atoms with van der Waals surface area (Å²) in [6.45, 7) is 5.45. The van der Waals surface area contributed by atoms with Gasteiger partial charge in [-0.2, -0.15) is 5.26 Å². The van der Waals surface area contributed by atoms with Gasteiger partial charge in [0.1, 0.15) is 0 Å². The molecule has 25 heavy (non-hydrogen) atoms. The average Bonchev–Trinajstić information content (AvgIpc) is 2.68. The summed E-state index contributed by atoms with van der Waals surface area (Å²) in [6.07, 6.45) is 3.43. The number of aryl methyl sites for hydroxylation is 1. The molecule has 1 fully saturated rings. The average molecular weight is 341 g/mol. The molecule has 0 radical (unpaired) electrons. The molecular formula is C20H27N3O2. The molecule has 1 aliphatic carbocycles. The third kappa shape index (κ3) is 4.59. The van der Waals surface area contributed by atoms with Crippen molar-refractivity contribution >= 4 is 5.91 Å². The van der Waals surface area contributed by atoms with Crippen molar-refractivity contribution in [2.24, 2.45) is 0 Å². The fourth-order valence-corrected chi connectivity index (χ4v) is 3.83. The molecule has 5 nitrogen and oxygen atoms in total. The Hall–Kier alpha value is -1.90. The van der Waals surface area contributed by atoms with Crippen molar-refractivity contribution in [1.29, 1.82) is 5.26 Å². The zero-order chi connectivity index (χ0) is 17.5. The van der Waals surface area contributed by atoms with Crippen molar-refractivity contribution in [1.82, 2.24) is 9.80 Å². The second-order valence-corrected chi connectivity index (χ2v) is 6.83. The van der Waals surface area contributed by atoms with Gasteiger partial charge < -0.3 is 9.64 Å². The van der Waals surface area contributed by atoms with Crippen LogP contribution in [0.25, 0.3) is 0 Å². The minimum Gasteiger partial charge on any atom is -0.379 e. The number of carbonyl (C=O) groups is 1. The number of hydrogen-bond donors (Lipinski definition) is 0. The Balaban J connectivity index is 1.67. The van der Waals surface area contributed by atoms with Crippen LogP contribution in [-0.2, 0) is 16.0 Å². The largest absolute Gasteiger partial charge is 0.379 e. The second-order valence-electron chi connectivity index (χ2n) is 6.83. The number of fused-ring (bicyclic) bond motifs is 1. The molecule has 1 amide bonds. The van der Waals surface area contributed by atoms with Crippen molar-refractivity contribution in [2.45, 2.75) is 31.6 Å². The molecule has 0 spiro atoms. The first-order chi connectivity index (χ1) is 12.3. The predicted octanol–water partition coefficient (Wildman–Crippen LogP) is 2.18. The van der Waals surface area contributed by atoms with Crippen LogP contribution < -0.4 is 0 Å². The molecule has 1 aromatic carbocycles. The van der Waals surface area contributed by atoms with Crippen LogP contribution in [0.5, 0.6) is 0 Å². The van der Waals surface area contributed by atoms with E-state index in [2.05, 4.69) is 29.2 Å². The van der Waals surface area contributed by atoms with Gasteiger partial charge in [0, 0.05) is 32.7 Å². The molecule has 1 saturated heterocycles. The highest BCUT2D eigenvalue weighted by atomic mass is 16.5. The van der Waals surface area contributed by atoms with E-state index in [1.54, 1.807) is 0 Å². The van der Waals surface area contributed by atoms with Crippen molar-refractivity contribution in [3.8, 4) is 6.07 Å². The van der Waals surface area contributed by atoms with E-state index in [0.717, 1.165) is 52.1 Å². The lowest BCUT2D eigenvalue weighted by molar-refractivity contribution is -0.133. The molecule has 2 aliphatic rings. The monoisotopic (exact) mass is 341 g/mol. The van der Waals surface area contributed by atoms with E-state index in [1.807, 2.05) is 11.0 Å². The van der Waals surface area contributed by atoms with Gasteiger partial charge in [-0.3, -0.25) is 9.69 Å². The van der Waals surface area contributed by atoms with Gasteiger partial charge in [0.25, 0.3) is 0 Å². The van der Waals surface area contributed by atoms with Crippen LogP contribution in [0.3, 0.4) is 0 Å². The molecule has 0 aromatic heterocycles. The third-order valence-electron chi connectivity index (χ3n) is 5.26. The number of nitrogens with zero attached hydrogens (tertiary/aromatic N) is 3. The zero-order valence-electron chi connectivity index (χ0n) is 14.8. The molecule has 3 rings (SSSR count). The molecule has 1 unspecified atom stereocenters. The van der Waals surface area contributed by atoms with Gasteiger partial charge >= 0.3 is 0 Å². The summed E-state index contributed by atoms with van der Waals surface area (Å²) in [7, 11) is 0. The highest BCUT2D eigenvalue weighted by molar-refractivity contribution is 5.84. The van der Waals surface area contributed by atoms with Gasteiger partial charge in [-0.1, -0.05) is 24.3 Å². The Kier molecular flexibility index (Phi) is 6.43. The van der Waals surface area contributed by atoms with Crippen molar-refractivity contribution < 1.29 is 9.53 Å². The summed E-state index contributed by atoms with van der Waals surface area (Å²) < 4.78 is 5.39. The summed E-state index contributed by atoms with van der Waals surface area (Å²) >= 11 is 0. The number of benzene rings is 1. The molecule has 1 atom stereocenters. The molecule has 1 aromatic rings. The first-order valence-corrected chi connectivity index (χ1v) is 9.33.